The van der Waals surface area contributed by atoms with Crippen molar-refractivity contribution < 1.29 is 19.4 Å². The van der Waals surface area contributed by atoms with Crippen LogP contribution in [-0.2, 0) is 14.3 Å². The Morgan fingerprint density at radius 2 is 2.00 bits per heavy atom. The zero-order valence-electron chi connectivity index (χ0n) is 9.62. The molecule has 0 saturated heterocycles. The van der Waals surface area contributed by atoms with Gasteiger partial charge >= 0.3 is 5.97 Å². The van der Waals surface area contributed by atoms with E-state index >= 15 is 0 Å². The maximum absolute atomic E-state index is 11.9. The summed E-state index contributed by atoms with van der Waals surface area (Å²) in [6, 6.07) is 0. The van der Waals surface area contributed by atoms with Crippen molar-refractivity contribution in [2.75, 3.05) is 20.3 Å². The summed E-state index contributed by atoms with van der Waals surface area (Å²) in [7, 11) is 1.61. The second-order valence-corrected chi connectivity index (χ2v) is 4.31. The monoisotopic (exact) mass is 229 g/mol. The topological polar surface area (TPSA) is 75.6 Å². The van der Waals surface area contributed by atoms with Crippen LogP contribution in [-0.4, -0.2) is 37.2 Å². The van der Waals surface area contributed by atoms with Gasteiger partial charge in [0.05, 0.1) is 5.41 Å². The minimum atomic E-state index is -1.01. The minimum absolute atomic E-state index is 0.135. The summed E-state index contributed by atoms with van der Waals surface area (Å²) < 4.78 is 5.01. The van der Waals surface area contributed by atoms with Crippen LogP contribution >= 0.6 is 0 Å². The van der Waals surface area contributed by atoms with Crippen LogP contribution in [0.4, 0.5) is 0 Å². The number of amides is 1. The summed E-state index contributed by atoms with van der Waals surface area (Å²) in [4.78, 5) is 22.3. The number of hydrogen-bond donors (Lipinski definition) is 2. The quantitative estimate of drug-likeness (QED) is 0.706. The molecule has 0 bridgehead atoms. The first kappa shape index (κ1) is 13.0. The number of ether oxygens (including phenoxy) is 1. The number of carbonyl (C=O) groups is 2. The Kier molecular flexibility index (Phi) is 4.73. The SMILES string of the molecule is COCCC1(C(=O)NCC(=O)O)CCCC1. The Labute approximate surface area is 95.2 Å². The molecular formula is C11H19NO4. The number of methoxy groups -OCH3 is 1. The lowest BCUT2D eigenvalue weighted by molar-refractivity contribution is -0.140. The third-order valence-corrected chi connectivity index (χ3v) is 3.23. The molecule has 5 heteroatoms. The largest absolute Gasteiger partial charge is 0.480 e. The Bertz CT molecular complexity index is 259. The molecule has 0 heterocycles. The van der Waals surface area contributed by atoms with Gasteiger partial charge in [-0.1, -0.05) is 12.8 Å². The van der Waals surface area contributed by atoms with Gasteiger partial charge in [-0.2, -0.15) is 0 Å². The average molecular weight is 229 g/mol. The van der Waals surface area contributed by atoms with Crippen molar-refractivity contribution in [3.05, 3.63) is 0 Å². The second-order valence-electron chi connectivity index (χ2n) is 4.31. The lowest BCUT2D eigenvalue weighted by atomic mass is 9.82. The van der Waals surface area contributed by atoms with Crippen LogP contribution < -0.4 is 5.32 Å². The summed E-state index contributed by atoms with van der Waals surface area (Å²) in [5, 5.41) is 11.0. The van der Waals surface area contributed by atoms with Gasteiger partial charge < -0.3 is 15.2 Å². The molecule has 1 amide bonds. The Hall–Kier alpha value is -1.10. The fraction of sp³-hybridized carbons (Fsp3) is 0.818. The van der Waals surface area contributed by atoms with Gasteiger partial charge in [0.2, 0.25) is 5.91 Å². The predicted molar refractivity (Wildman–Crippen MR) is 58.0 cm³/mol. The van der Waals surface area contributed by atoms with E-state index in [4.69, 9.17) is 9.84 Å². The Balaban J connectivity index is 2.54. The van der Waals surface area contributed by atoms with Crippen LogP contribution in [0.25, 0.3) is 0 Å². The first-order chi connectivity index (χ1) is 7.60. The van der Waals surface area contributed by atoms with Gasteiger partial charge in [-0.25, -0.2) is 0 Å². The lowest BCUT2D eigenvalue weighted by Gasteiger charge is -2.26. The van der Waals surface area contributed by atoms with Crippen LogP contribution in [0.3, 0.4) is 0 Å². The molecular weight excluding hydrogens is 210 g/mol. The number of rotatable bonds is 6. The molecule has 1 saturated carbocycles. The Morgan fingerprint density at radius 1 is 1.38 bits per heavy atom. The number of carbonyl (C=O) groups excluding carboxylic acids is 1. The van der Waals surface area contributed by atoms with E-state index in [0.29, 0.717) is 13.0 Å². The van der Waals surface area contributed by atoms with Crippen molar-refractivity contribution in [2.24, 2.45) is 5.41 Å². The first-order valence-electron chi connectivity index (χ1n) is 5.60. The van der Waals surface area contributed by atoms with Gasteiger partial charge in [0, 0.05) is 13.7 Å². The molecule has 0 aromatic rings. The molecule has 1 fully saturated rings. The molecule has 92 valence electrons. The van der Waals surface area contributed by atoms with E-state index < -0.39 is 11.4 Å². The third kappa shape index (κ3) is 3.20. The summed E-state index contributed by atoms with van der Waals surface area (Å²) in [5.74, 6) is -1.14. The summed E-state index contributed by atoms with van der Waals surface area (Å²) in [6.45, 7) is 0.244. The number of carboxylic acids is 1. The van der Waals surface area contributed by atoms with Gasteiger partial charge in [0.25, 0.3) is 0 Å². The van der Waals surface area contributed by atoms with Crippen molar-refractivity contribution in [1.82, 2.24) is 5.32 Å². The summed E-state index contributed by atoms with van der Waals surface area (Å²) in [5.41, 5.74) is -0.397. The molecule has 0 atom stereocenters. The molecule has 5 nitrogen and oxygen atoms in total. The summed E-state index contributed by atoms with van der Waals surface area (Å²) in [6.07, 6.45) is 4.41. The fourth-order valence-electron chi connectivity index (χ4n) is 2.28. The van der Waals surface area contributed by atoms with Crippen molar-refractivity contribution in [3.63, 3.8) is 0 Å². The van der Waals surface area contributed by atoms with E-state index in [0.717, 1.165) is 25.7 Å². The van der Waals surface area contributed by atoms with Crippen molar-refractivity contribution in [1.29, 1.82) is 0 Å². The van der Waals surface area contributed by atoms with Crippen molar-refractivity contribution in [3.8, 4) is 0 Å². The van der Waals surface area contributed by atoms with E-state index in [9.17, 15) is 9.59 Å². The molecule has 1 rings (SSSR count). The molecule has 0 aliphatic heterocycles. The molecule has 0 unspecified atom stereocenters. The highest BCUT2D eigenvalue weighted by atomic mass is 16.5. The van der Waals surface area contributed by atoms with Crippen molar-refractivity contribution >= 4 is 11.9 Å². The number of nitrogens with one attached hydrogen (secondary N) is 1. The smallest absolute Gasteiger partial charge is 0.322 e. The normalized spacial score (nSPS) is 18.3. The molecule has 0 aromatic heterocycles. The van der Waals surface area contributed by atoms with E-state index in [-0.39, 0.29) is 12.5 Å². The van der Waals surface area contributed by atoms with Crippen LogP contribution in [0.5, 0.6) is 0 Å². The highest BCUT2D eigenvalue weighted by Gasteiger charge is 2.40. The lowest BCUT2D eigenvalue weighted by Crippen LogP contribution is -2.42. The van der Waals surface area contributed by atoms with E-state index in [1.807, 2.05) is 0 Å². The van der Waals surface area contributed by atoms with Gasteiger partial charge in [-0.05, 0) is 19.3 Å². The minimum Gasteiger partial charge on any atom is -0.480 e. The maximum Gasteiger partial charge on any atom is 0.322 e. The highest BCUT2D eigenvalue weighted by Crippen LogP contribution is 2.41. The van der Waals surface area contributed by atoms with Gasteiger partial charge in [-0.15, -0.1) is 0 Å². The second kappa shape index (κ2) is 5.84. The fourth-order valence-corrected chi connectivity index (χ4v) is 2.28. The molecule has 16 heavy (non-hydrogen) atoms. The first-order valence-corrected chi connectivity index (χ1v) is 5.60. The van der Waals surface area contributed by atoms with Gasteiger partial charge in [-0.3, -0.25) is 9.59 Å². The molecule has 0 aromatic carbocycles. The molecule has 1 aliphatic rings. The average Bonchev–Trinajstić information content (AvgIpc) is 2.73. The van der Waals surface area contributed by atoms with Crippen LogP contribution in [0, 0.1) is 5.41 Å². The van der Waals surface area contributed by atoms with E-state index in [1.165, 1.54) is 0 Å². The molecule has 0 spiro atoms. The van der Waals surface area contributed by atoms with Gasteiger partial charge in [0.15, 0.2) is 0 Å². The van der Waals surface area contributed by atoms with Crippen molar-refractivity contribution in [2.45, 2.75) is 32.1 Å². The standard InChI is InChI=1S/C11H19NO4/c1-16-7-6-11(4-2-3-5-11)10(15)12-8-9(13)14/h2-8H2,1H3,(H,12,15)(H,13,14). The third-order valence-electron chi connectivity index (χ3n) is 3.23. The maximum atomic E-state index is 11.9. The van der Waals surface area contributed by atoms with E-state index in [2.05, 4.69) is 5.32 Å². The number of carboxylic acid groups (broad SMARTS) is 1. The molecule has 0 radical (unpaired) electrons. The number of hydrogen-bond acceptors (Lipinski definition) is 3. The predicted octanol–water partition coefficient (Wildman–Crippen LogP) is 0.784. The highest BCUT2D eigenvalue weighted by molar-refractivity contribution is 5.86. The summed E-state index contributed by atoms with van der Waals surface area (Å²) >= 11 is 0. The zero-order chi connectivity index (χ0) is 12.0. The molecule has 2 N–H and O–H groups in total. The zero-order valence-corrected chi connectivity index (χ0v) is 9.62. The molecule has 1 aliphatic carbocycles. The van der Waals surface area contributed by atoms with Crippen LogP contribution in [0.1, 0.15) is 32.1 Å². The van der Waals surface area contributed by atoms with E-state index in [1.54, 1.807) is 7.11 Å². The van der Waals surface area contributed by atoms with Gasteiger partial charge in [0.1, 0.15) is 6.54 Å². The van der Waals surface area contributed by atoms with Crippen LogP contribution in [0.2, 0.25) is 0 Å². The van der Waals surface area contributed by atoms with Crippen LogP contribution in [0.15, 0.2) is 0 Å². The number of aliphatic carboxylic acids is 1. The Morgan fingerprint density at radius 3 is 2.50 bits per heavy atom.